The molecule has 1 aliphatic rings. The Labute approximate surface area is 170 Å². The number of sulfone groups is 1. The van der Waals surface area contributed by atoms with Crippen LogP contribution in [0.25, 0.3) is 11.0 Å². The van der Waals surface area contributed by atoms with Crippen LogP contribution in [0.1, 0.15) is 18.7 Å². The second kappa shape index (κ2) is 7.87. The van der Waals surface area contributed by atoms with Gasteiger partial charge >= 0.3 is 0 Å². The van der Waals surface area contributed by atoms with Gasteiger partial charge in [-0.3, -0.25) is 4.79 Å². The number of fused-ring (bicyclic) bond motifs is 1. The van der Waals surface area contributed by atoms with Crippen molar-refractivity contribution in [2.45, 2.75) is 25.1 Å². The maximum atomic E-state index is 12.9. The minimum absolute atomic E-state index is 0.000297. The fourth-order valence-corrected chi connectivity index (χ4v) is 4.48. The van der Waals surface area contributed by atoms with Gasteiger partial charge in [0.25, 0.3) is 0 Å². The smallest absolute Gasteiger partial charge is 0.244 e. The predicted octanol–water partition coefficient (Wildman–Crippen LogP) is 2.82. The van der Waals surface area contributed by atoms with Crippen molar-refractivity contribution in [3.8, 4) is 0 Å². The lowest BCUT2D eigenvalue weighted by atomic mass is 10.2. The van der Waals surface area contributed by atoms with Crippen molar-refractivity contribution in [3.63, 3.8) is 0 Å². The molecule has 0 atom stereocenters. The molecule has 1 aromatic heterocycles. The van der Waals surface area contributed by atoms with E-state index in [4.69, 9.17) is 0 Å². The number of carbonyl (C=O) groups is 1. The lowest BCUT2D eigenvalue weighted by molar-refractivity contribution is -0.116. The number of anilines is 2. The van der Waals surface area contributed by atoms with E-state index in [2.05, 4.69) is 15.2 Å². The van der Waals surface area contributed by atoms with Crippen molar-refractivity contribution in [2.24, 2.45) is 0 Å². The van der Waals surface area contributed by atoms with Crippen LogP contribution in [0.5, 0.6) is 0 Å². The Bertz CT molecular complexity index is 1150. The van der Waals surface area contributed by atoms with Gasteiger partial charge in [-0.25, -0.2) is 13.4 Å². The van der Waals surface area contributed by atoms with Crippen LogP contribution in [0.3, 0.4) is 0 Å². The van der Waals surface area contributed by atoms with Crippen molar-refractivity contribution >= 4 is 38.2 Å². The highest BCUT2D eigenvalue weighted by Gasteiger charge is 2.19. The van der Waals surface area contributed by atoms with Crippen molar-refractivity contribution < 1.29 is 13.2 Å². The number of benzene rings is 2. The second-order valence-electron chi connectivity index (χ2n) is 7.43. The molecule has 0 saturated carbocycles. The van der Waals surface area contributed by atoms with Crippen LogP contribution in [-0.2, 0) is 26.9 Å². The van der Waals surface area contributed by atoms with Crippen molar-refractivity contribution in [3.05, 3.63) is 54.4 Å². The van der Waals surface area contributed by atoms with E-state index in [1.807, 2.05) is 48.5 Å². The van der Waals surface area contributed by atoms with E-state index in [9.17, 15) is 13.2 Å². The van der Waals surface area contributed by atoms with Crippen LogP contribution in [0.4, 0.5) is 11.4 Å². The molecule has 1 fully saturated rings. The van der Waals surface area contributed by atoms with Crippen LogP contribution in [-0.4, -0.2) is 43.2 Å². The second-order valence-corrected chi connectivity index (χ2v) is 9.57. The van der Waals surface area contributed by atoms with Gasteiger partial charge in [0.05, 0.1) is 22.4 Å². The third-order valence-corrected chi connectivity index (χ3v) is 5.83. The largest absolute Gasteiger partial charge is 0.370 e. The van der Waals surface area contributed by atoms with E-state index in [1.165, 1.54) is 6.26 Å². The van der Waals surface area contributed by atoms with Crippen LogP contribution >= 0.6 is 0 Å². The Kier molecular flexibility index (Phi) is 5.27. The first-order valence-corrected chi connectivity index (χ1v) is 11.7. The molecule has 0 radical (unpaired) electrons. The predicted molar refractivity (Wildman–Crippen MR) is 115 cm³/mol. The average Bonchev–Trinajstić information content (AvgIpc) is 3.30. The van der Waals surface area contributed by atoms with Gasteiger partial charge < -0.3 is 14.8 Å². The van der Waals surface area contributed by atoms with Crippen molar-refractivity contribution in [1.29, 1.82) is 0 Å². The number of hydrogen-bond donors (Lipinski definition) is 1. The minimum atomic E-state index is -3.28. The number of aromatic nitrogens is 2. The standard InChI is InChI=1S/C21H24N4O3S/c1-29(27,28)15-20-22-17-9-3-5-11-19(17)25(20)14-21(26)23-16-8-2-4-10-18(16)24-12-6-7-13-24/h2-5,8-11H,6-7,12-15H2,1H3,(H,23,26). The zero-order valence-corrected chi connectivity index (χ0v) is 17.2. The molecule has 3 aromatic rings. The molecule has 0 bridgehead atoms. The number of hydrogen-bond acceptors (Lipinski definition) is 5. The van der Waals surface area contributed by atoms with Gasteiger partial charge in [0, 0.05) is 19.3 Å². The molecule has 0 unspecified atom stereocenters. The lowest BCUT2D eigenvalue weighted by Gasteiger charge is -2.21. The Morgan fingerprint density at radius 3 is 2.52 bits per heavy atom. The first-order valence-electron chi connectivity index (χ1n) is 9.66. The summed E-state index contributed by atoms with van der Waals surface area (Å²) >= 11 is 0. The fraction of sp³-hybridized carbons (Fsp3) is 0.333. The lowest BCUT2D eigenvalue weighted by Crippen LogP contribution is -2.24. The molecule has 152 valence electrons. The van der Waals surface area contributed by atoms with Gasteiger partial charge in [-0.2, -0.15) is 0 Å². The van der Waals surface area contributed by atoms with Gasteiger partial charge in [-0.05, 0) is 37.1 Å². The average molecular weight is 413 g/mol. The van der Waals surface area contributed by atoms with E-state index in [0.717, 1.165) is 42.8 Å². The Morgan fingerprint density at radius 2 is 1.76 bits per heavy atom. The van der Waals surface area contributed by atoms with E-state index in [1.54, 1.807) is 4.57 Å². The van der Waals surface area contributed by atoms with Gasteiger partial charge in [0.2, 0.25) is 5.91 Å². The Morgan fingerprint density at radius 1 is 1.07 bits per heavy atom. The van der Waals surface area contributed by atoms with Gasteiger partial charge in [-0.1, -0.05) is 24.3 Å². The number of carbonyl (C=O) groups excluding carboxylic acids is 1. The third-order valence-electron chi connectivity index (χ3n) is 5.05. The molecule has 1 saturated heterocycles. The molecule has 1 aliphatic heterocycles. The van der Waals surface area contributed by atoms with Crippen molar-refractivity contribution in [1.82, 2.24) is 9.55 Å². The van der Waals surface area contributed by atoms with E-state index in [-0.39, 0.29) is 18.2 Å². The minimum Gasteiger partial charge on any atom is -0.370 e. The number of nitrogens with zero attached hydrogens (tertiary/aromatic N) is 3. The van der Waals surface area contributed by atoms with E-state index >= 15 is 0 Å². The molecule has 4 rings (SSSR count). The summed E-state index contributed by atoms with van der Waals surface area (Å²) in [5.41, 5.74) is 3.21. The highest BCUT2D eigenvalue weighted by Crippen LogP contribution is 2.28. The summed E-state index contributed by atoms with van der Waals surface area (Å²) in [7, 11) is -3.28. The van der Waals surface area contributed by atoms with E-state index in [0.29, 0.717) is 11.3 Å². The maximum Gasteiger partial charge on any atom is 0.244 e. The molecule has 2 heterocycles. The summed E-state index contributed by atoms with van der Waals surface area (Å²) in [6, 6.07) is 15.1. The van der Waals surface area contributed by atoms with E-state index < -0.39 is 9.84 Å². The summed E-state index contributed by atoms with van der Waals surface area (Å²) < 4.78 is 25.4. The van der Waals surface area contributed by atoms with Crippen LogP contribution < -0.4 is 10.2 Å². The van der Waals surface area contributed by atoms with Crippen LogP contribution in [0.15, 0.2) is 48.5 Å². The summed E-state index contributed by atoms with van der Waals surface area (Å²) in [5.74, 6) is -0.0505. The zero-order chi connectivity index (χ0) is 20.4. The summed E-state index contributed by atoms with van der Waals surface area (Å²) in [6.07, 6.45) is 3.47. The molecule has 29 heavy (non-hydrogen) atoms. The molecule has 1 amide bonds. The normalized spacial score (nSPS) is 14.4. The highest BCUT2D eigenvalue weighted by molar-refractivity contribution is 7.89. The number of nitrogens with one attached hydrogen (secondary N) is 1. The molecular formula is C21H24N4O3S. The number of amides is 1. The molecule has 8 heteroatoms. The molecule has 7 nitrogen and oxygen atoms in total. The maximum absolute atomic E-state index is 12.9. The van der Waals surface area contributed by atoms with Gasteiger partial charge in [-0.15, -0.1) is 0 Å². The molecule has 0 spiro atoms. The SMILES string of the molecule is CS(=O)(=O)Cc1nc2ccccc2n1CC(=O)Nc1ccccc1N1CCCC1. The van der Waals surface area contributed by atoms with Crippen LogP contribution in [0, 0.1) is 0 Å². The van der Waals surface area contributed by atoms with Gasteiger partial charge in [0.15, 0.2) is 9.84 Å². The third kappa shape index (κ3) is 4.42. The van der Waals surface area contributed by atoms with Crippen molar-refractivity contribution in [2.75, 3.05) is 29.6 Å². The fourth-order valence-electron chi connectivity index (χ4n) is 3.79. The Hall–Kier alpha value is -2.87. The quantitative estimate of drug-likeness (QED) is 0.673. The summed E-state index contributed by atoms with van der Waals surface area (Å²) in [5, 5.41) is 3.00. The highest BCUT2D eigenvalue weighted by atomic mass is 32.2. The van der Waals surface area contributed by atoms with Gasteiger partial charge in [0.1, 0.15) is 18.1 Å². The zero-order valence-electron chi connectivity index (χ0n) is 16.3. The van der Waals surface area contributed by atoms with Crippen LogP contribution in [0.2, 0.25) is 0 Å². The number of para-hydroxylation sites is 4. The summed E-state index contributed by atoms with van der Waals surface area (Å²) in [4.78, 5) is 19.6. The number of imidazole rings is 1. The first kappa shape index (κ1) is 19.4. The first-order chi connectivity index (χ1) is 13.9. The molecule has 0 aliphatic carbocycles. The molecule has 2 aromatic carbocycles. The number of rotatable bonds is 6. The summed E-state index contributed by atoms with van der Waals surface area (Å²) in [6.45, 7) is 1.97. The Balaban J connectivity index is 1.61. The molecular weight excluding hydrogens is 388 g/mol. The molecule has 1 N–H and O–H groups in total. The topological polar surface area (TPSA) is 84.3 Å². The monoisotopic (exact) mass is 412 g/mol.